The molecule has 1 aliphatic heterocycles. The highest BCUT2D eigenvalue weighted by atomic mass is 15.1. The normalized spacial score (nSPS) is 18.1. The molecule has 2 N–H and O–H groups in total. The van der Waals surface area contributed by atoms with Crippen molar-refractivity contribution in [2.24, 2.45) is 11.7 Å². The predicted molar refractivity (Wildman–Crippen MR) is 77.7 cm³/mol. The van der Waals surface area contributed by atoms with Crippen LogP contribution >= 0.6 is 0 Å². The van der Waals surface area contributed by atoms with Gasteiger partial charge in [-0.05, 0) is 70.3 Å². The van der Waals surface area contributed by atoms with Crippen molar-refractivity contribution in [1.29, 1.82) is 0 Å². The standard InChI is InChI=1S/C16H26N2/c1-14-4-6-15(7-5-14)3-2-10-18-11-8-16(13-17)9-12-18/h4-7,16H,2-3,8-13,17H2,1H3. The van der Waals surface area contributed by atoms with E-state index >= 15 is 0 Å². The zero-order chi connectivity index (χ0) is 12.8. The van der Waals surface area contributed by atoms with Gasteiger partial charge in [0.25, 0.3) is 0 Å². The first kappa shape index (κ1) is 13.6. The summed E-state index contributed by atoms with van der Waals surface area (Å²) in [6, 6.07) is 8.94. The molecule has 0 atom stereocenters. The molecule has 0 bridgehead atoms. The number of hydrogen-bond acceptors (Lipinski definition) is 2. The first-order valence-electron chi connectivity index (χ1n) is 7.26. The van der Waals surface area contributed by atoms with Crippen LogP contribution < -0.4 is 5.73 Å². The molecule has 1 fully saturated rings. The van der Waals surface area contributed by atoms with Gasteiger partial charge < -0.3 is 10.6 Å². The summed E-state index contributed by atoms with van der Waals surface area (Å²) in [4.78, 5) is 2.60. The Morgan fingerprint density at radius 1 is 1.17 bits per heavy atom. The molecule has 1 aromatic rings. The van der Waals surface area contributed by atoms with Gasteiger partial charge in [0.15, 0.2) is 0 Å². The molecule has 2 nitrogen and oxygen atoms in total. The van der Waals surface area contributed by atoms with Crippen molar-refractivity contribution in [1.82, 2.24) is 4.90 Å². The summed E-state index contributed by atoms with van der Waals surface area (Å²) < 4.78 is 0. The summed E-state index contributed by atoms with van der Waals surface area (Å²) in [5, 5.41) is 0. The van der Waals surface area contributed by atoms with Gasteiger partial charge in [-0.15, -0.1) is 0 Å². The molecule has 18 heavy (non-hydrogen) atoms. The third-order valence-electron chi connectivity index (χ3n) is 4.10. The van der Waals surface area contributed by atoms with Crippen LogP contribution in [0.5, 0.6) is 0 Å². The largest absolute Gasteiger partial charge is 0.330 e. The lowest BCUT2D eigenvalue weighted by Crippen LogP contribution is -2.36. The molecule has 0 unspecified atom stereocenters. The first-order valence-corrected chi connectivity index (χ1v) is 7.26. The third kappa shape index (κ3) is 4.11. The molecule has 2 rings (SSSR count). The maximum Gasteiger partial charge on any atom is -0.00156 e. The van der Waals surface area contributed by atoms with E-state index < -0.39 is 0 Å². The van der Waals surface area contributed by atoms with Crippen molar-refractivity contribution in [3.05, 3.63) is 35.4 Å². The molecular weight excluding hydrogens is 220 g/mol. The topological polar surface area (TPSA) is 29.3 Å². The van der Waals surface area contributed by atoms with Crippen molar-refractivity contribution in [3.8, 4) is 0 Å². The highest BCUT2D eigenvalue weighted by molar-refractivity contribution is 5.21. The number of rotatable bonds is 5. The highest BCUT2D eigenvalue weighted by Crippen LogP contribution is 2.16. The van der Waals surface area contributed by atoms with Crippen LogP contribution in [0.3, 0.4) is 0 Å². The van der Waals surface area contributed by atoms with Crippen molar-refractivity contribution in [2.75, 3.05) is 26.2 Å². The molecule has 0 amide bonds. The number of nitrogens with zero attached hydrogens (tertiary/aromatic N) is 1. The Bertz CT molecular complexity index is 337. The molecule has 1 saturated heterocycles. The second kappa shape index (κ2) is 6.91. The van der Waals surface area contributed by atoms with Gasteiger partial charge in [-0.3, -0.25) is 0 Å². The smallest absolute Gasteiger partial charge is 0.00156 e. The summed E-state index contributed by atoms with van der Waals surface area (Å²) >= 11 is 0. The van der Waals surface area contributed by atoms with Gasteiger partial charge in [0, 0.05) is 0 Å². The minimum absolute atomic E-state index is 0.776. The highest BCUT2D eigenvalue weighted by Gasteiger charge is 2.17. The monoisotopic (exact) mass is 246 g/mol. The lowest BCUT2D eigenvalue weighted by Gasteiger charge is -2.31. The minimum atomic E-state index is 0.776. The Morgan fingerprint density at radius 3 is 2.44 bits per heavy atom. The molecule has 0 spiro atoms. The fourth-order valence-corrected chi connectivity index (χ4v) is 2.71. The van der Waals surface area contributed by atoms with Crippen molar-refractivity contribution in [2.45, 2.75) is 32.6 Å². The van der Waals surface area contributed by atoms with Crippen molar-refractivity contribution in [3.63, 3.8) is 0 Å². The Hall–Kier alpha value is -0.860. The Balaban J connectivity index is 1.65. The zero-order valence-corrected chi connectivity index (χ0v) is 11.6. The SMILES string of the molecule is Cc1ccc(CCCN2CCC(CN)CC2)cc1. The maximum atomic E-state index is 5.72. The average Bonchev–Trinajstić information content (AvgIpc) is 2.42. The lowest BCUT2D eigenvalue weighted by molar-refractivity contribution is 0.186. The number of likely N-dealkylation sites (tertiary alicyclic amines) is 1. The van der Waals surface area contributed by atoms with Crippen LogP contribution in [0.4, 0.5) is 0 Å². The van der Waals surface area contributed by atoms with Gasteiger partial charge in [-0.2, -0.15) is 0 Å². The fraction of sp³-hybridized carbons (Fsp3) is 0.625. The van der Waals surface area contributed by atoms with E-state index in [9.17, 15) is 0 Å². The number of hydrogen-bond donors (Lipinski definition) is 1. The lowest BCUT2D eigenvalue weighted by atomic mass is 9.97. The quantitative estimate of drug-likeness (QED) is 0.865. The maximum absolute atomic E-state index is 5.72. The van der Waals surface area contributed by atoms with E-state index in [0.29, 0.717) is 0 Å². The van der Waals surface area contributed by atoms with E-state index in [2.05, 4.69) is 36.1 Å². The van der Waals surface area contributed by atoms with Crippen LogP contribution in [0.25, 0.3) is 0 Å². The molecule has 1 aromatic carbocycles. The molecule has 100 valence electrons. The number of nitrogens with two attached hydrogens (primary N) is 1. The van der Waals surface area contributed by atoms with Gasteiger partial charge in [0.05, 0.1) is 0 Å². The summed E-state index contributed by atoms with van der Waals surface area (Å²) in [5.74, 6) is 0.776. The van der Waals surface area contributed by atoms with Crippen LogP contribution in [0.1, 0.15) is 30.4 Å². The molecule has 1 aliphatic rings. The van der Waals surface area contributed by atoms with E-state index in [1.165, 1.54) is 56.4 Å². The van der Waals surface area contributed by atoms with Crippen LogP contribution in [0, 0.1) is 12.8 Å². The molecule has 2 heteroatoms. The molecule has 0 aliphatic carbocycles. The average molecular weight is 246 g/mol. The molecule has 0 radical (unpaired) electrons. The third-order valence-corrected chi connectivity index (χ3v) is 4.10. The van der Waals surface area contributed by atoms with Gasteiger partial charge in [-0.1, -0.05) is 29.8 Å². The number of piperidine rings is 1. The Morgan fingerprint density at radius 2 is 1.83 bits per heavy atom. The van der Waals surface area contributed by atoms with Gasteiger partial charge >= 0.3 is 0 Å². The van der Waals surface area contributed by atoms with Gasteiger partial charge in [0.2, 0.25) is 0 Å². The Kier molecular flexibility index (Phi) is 5.21. The van der Waals surface area contributed by atoms with E-state index in [1.54, 1.807) is 0 Å². The van der Waals surface area contributed by atoms with Crippen LogP contribution in [0.15, 0.2) is 24.3 Å². The summed E-state index contributed by atoms with van der Waals surface area (Å²) in [6.07, 6.45) is 5.06. The molecule has 0 aromatic heterocycles. The molecule has 0 saturated carbocycles. The van der Waals surface area contributed by atoms with Gasteiger partial charge in [0.1, 0.15) is 0 Å². The minimum Gasteiger partial charge on any atom is -0.330 e. The summed E-state index contributed by atoms with van der Waals surface area (Å²) in [5.41, 5.74) is 8.54. The fourth-order valence-electron chi connectivity index (χ4n) is 2.71. The van der Waals surface area contributed by atoms with E-state index in [1.807, 2.05) is 0 Å². The van der Waals surface area contributed by atoms with Crippen molar-refractivity contribution >= 4 is 0 Å². The van der Waals surface area contributed by atoms with E-state index in [4.69, 9.17) is 5.73 Å². The second-order valence-electron chi connectivity index (χ2n) is 5.61. The van der Waals surface area contributed by atoms with E-state index in [-0.39, 0.29) is 0 Å². The zero-order valence-electron chi connectivity index (χ0n) is 11.6. The Labute approximate surface area is 111 Å². The molecular formula is C16H26N2. The first-order chi connectivity index (χ1) is 8.78. The molecule has 1 heterocycles. The van der Waals surface area contributed by atoms with Gasteiger partial charge in [-0.25, -0.2) is 0 Å². The summed E-state index contributed by atoms with van der Waals surface area (Å²) in [6.45, 7) is 6.75. The predicted octanol–water partition coefficient (Wildman–Crippen LogP) is 2.60. The summed E-state index contributed by atoms with van der Waals surface area (Å²) in [7, 11) is 0. The van der Waals surface area contributed by atoms with Crippen LogP contribution in [0.2, 0.25) is 0 Å². The van der Waals surface area contributed by atoms with Crippen LogP contribution in [-0.2, 0) is 6.42 Å². The second-order valence-corrected chi connectivity index (χ2v) is 5.61. The van der Waals surface area contributed by atoms with E-state index in [0.717, 1.165) is 12.5 Å². The number of aryl methyl sites for hydroxylation is 2. The number of benzene rings is 1. The van der Waals surface area contributed by atoms with Crippen LogP contribution in [-0.4, -0.2) is 31.1 Å². The van der Waals surface area contributed by atoms with Crippen molar-refractivity contribution < 1.29 is 0 Å².